The number of rotatable bonds is 7. The molecular weight excluding hydrogens is 382 g/mol. The van der Waals surface area contributed by atoms with E-state index in [1.807, 2.05) is 32.9 Å². The zero-order valence-corrected chi connectivity index (χ0v) is 18.0. The van der Waals surface area contributed by atoms with E-state index in [1.165, 1.54) is 0 Å². The summed E-state index contributed by atoms with van der Waals surface area (Å²) < 4.78 is 16.6. The van der Waals surface area contributed by atoms with Crippen LogP contribution in [0.15, 0.2) is 36.4 Å². The molecule has 2 atom stereocenters. The Labute approximate surface area is 177 Å². The molecule has 30 heavy (non-hydrogen) atoms. The maximum atomic E-state index is 12.5. The summed E-state index contributed by atoms with van der Waals surface area (Å²) in [4.78, 5) is 24.9. The van der Waals surface area contributed by atoms with Crippen molar-refractivity contribution in [3.8, 4) is 5.75 Å². The van der Waals surface area contributed by atoms with Crippen LogP contribution < -0.4 is 10.1 Å². The number of nitrogens with one attached hydrogen (secondary N) is 1. The molecule has 0 saturated carbocycles. The molecule has 1 N–H and O–H groups in total. The van der Waals surface area contributed by atoms with Crippen molar-refractivity contribution in [1.29, 1.82) is 0 Å². The van der Waals surface area contributed by atoms with Gasteiger partial charge in [-0.3, -0.25) is 4.79 Å². The number of ether oxygens (including phenoxy) is 3. The van der Waals surface area contributed by atoms with E-state index in [0.29, 0.717) is 17.9 Å². The number of benzene rings is 2. The van der Waals surface area contributed by atoms with Crippen LogP contribution in [0.2, 0.25) is 0 Å². The van der Waals surface area contributed by atoms with Gasteiger partial charge in [0.1, 0.15) is 12.4 Å². The van der Waals surface area contributed by atoms with Gasteiger partial charge < -0.3 is 19.5 Å². The van der Waals surface area contributed by atoms with Gasteiger partial charge in [-0.05, 0) is 75.9 Å². The number of amides is 1. The fourth-order valence-electron chi connectivity index (χ4n) is 3.54. The Morgan fingerprint density at radius 1 is 1.13 bits per heavy atom. The molecule has 0 unspecified atom stereocenters. The number of hydrogen-bond donors (Lipinski definition) is 1. The summed E-state index contributed by atoms with van der Waals surface area (Å²) in [6, 6.07) is 10.7. The topological polar surface area (TPSA) is 73.9 Å². The zero-order chi connectivity index (χ0) is 21.7. The van der Waals surface area contributed by atoms with Crippen LogP contribution in [-0.2, 0) is 14.3 Å². The van der Waals surface area contributed by atoms with Crippen LogP contribution in [-0.4, -0.2) is 37.3 Å². The zero-order valence-electron chi connectivity index (χ0n) is 18.0. The minimum Gasteiger partial charge on any atom is -0.491 e. The van der Waals surface area contributed by atoms with E-state index in [4.69, 9.17) is 14.2 Å². The van der Waals surface area contributed by atoms with Gasteiger partial charge in [-0.15, -0.1) is 0 Å². The third-order valence-corrected chi connectivity index (χ3v) is 5.13. The second kappa shape index (κ2) is 9.76. The molecule has 1 fully saturated rings. The summed E-state index contributed by atoms with van der Waals surface area (Å²) in [5.74, 6) is -0.256. The lowest BCUT2D eigenvalue weighted by Crippen LogP contribution is -2.30. The Hall–Kier alpha value is -2.86. The lowest BCUT2D eigenvalue weighted by atomic mass is 10.0. The number of carbonyl (C=O) groups is 2. The minimum atomic E-state index is -0.923. The number of carbonyl (C=O) groups excluding carboxylic acids is 2. The van der Waals surface area contributed by atoms with Crippen LogP contribution in [0.5, 0.6) is 5.75 Å². The Balaban J connectivity index is 1.53. The molecule has 2 aromatic rings. The summed E-state index contributed by atoms with van der Waals surface area (Å²) in [7, 11) is 0. The van der Waals surface area contributed by atoms with Crippen molar-refractivity contribution in [2.75, 3.05) is 18.5 Å². The molecular formula is C24H29NO5. The van der Waals surface area contributed by atoms with Gasteiger partial charge in [0.2, 0.25) is 0 Å². The first-order valence-electron chi connectivity index (χ1n) is 10.3. The van der Waals surface area contributed by atoms with Gasteiger partial charge in [-0.2, -0.15) is 0 Å². The molecule has 2 aromatic carbocycles. The van der Waals surface area contributed by atoms with Crippen LogP contribution in [0.25, 0.3) is 0 Å². The van der Waals surface area contributed by atoms with Crippen molar-refractivity contribution in [2.24, 2.45) is 0 Å². The van der Waals surface area contributed by atoms with Crippen LogP contribution in [0, 0.1) is 20.8 Å². The molecule has 1 amide bonds. The van der Waals surface area contributed by atoms with Crippen molar-refractivity contribution in [3.05, 3.63) is 58.7 Å². The molecule has 6 nitrogen and oxygen atoms in total. The van der Waals surface area contributed by atoms with E-state index < -0.39 is 12.1 Å². The van der Waals surface area contributed by atoms with E-state index in [0.717, 1.165) is 41.8 Å². The van der Waals surface area contributed by atoms with E-state index in [2.05, 4.69) is 5.32 Å². The first kappa shape index (κ1) is 21.8. The molecule has 0 bridgehead atoms. The normalized spacial score (nSPS) is 16.7. The smallest absolute Gasteiger partial charge is 0.338 e. The lowest BCUT2D eigenvalue weighted by molar-refractivity contribution is -0.123. The average molecular weight is 411 g/mol. The minimum absolute atomic E-state index is 0.134. The van der Waals surface area contributed by atoms with Gasteiger partial charge in [-0.1, -0.05) is 17.7 Å². The second-order valence-electron chi connectivity index (χ2n) is 7.78. The third kappa shape index (κ3) is 5.60. The van der Waals surface area contributed by atoms with Gasteiger partial charge in [0.15, 0.2) is 6.10 Å². The van der Waals surface area contributed by atoms with E-state index in [1.54, 1.807) is 31.2 Å². The van der Waals surface area contributed by atoms with E-state index in [-0.39, 0.29) is 12.0 Å². The van der Waals surface area contributed by atoms with E-state index >= 15 is 0 Å². The Morgan fingerprint density at radius 3 is 2.40 bits per heavy atom. The first-order valence-corrected chi connectivity index (χ1v) is 10.3. The molecule has 6 heteroatoms. The van der Waals surface area contributed by atoms with Gasteiger partial charge in [0.25, 0.3) is 5.91 Å². The molecule has 1 aliphatic heterocycles. The SMILES string of the molecule is Cc1cc(C)c(NC(=O)[C@H](C)OC(=O)c2ccc(OC[C@H]3CCCO3)cc2)c(C)c1. The Kier molecular flexibility index (Phi) is 7.11. The van der Waals surface area contributed by atoms with E-state index in [9.17, 15) is 9.59 Å². The van der Waals surface area contributed by atoms with Crippen LogP contribution in [0.3, 0.4) is 0 Å². The standard InChI is InChI=1S/C24H29NO5/c1-15-12-16(2)22(17(3)13-15)25-23(26)18(4)30-24(27)19-7-9-20(10-8-19)29-14-21-6-5-11-28-21/h7-10,12-13,18,21H,5-6,11,14H2,1-4H3,(H,25,26)/t18-,21+/m0/s1. The molecule has 160 valence electrons. The van der Waals surface area contributed by atoms with Crippen molar-refractivity contribution in [1.82, 2.24) is 0 Å². The molecule has 0 aromatic heterocycles. The second-order valence-corrected chi connectivity index (χ2v) is 7.78. The summed E-state index contributed by atoms with van der Waals surface area (Å²) in [5.41, 5.74) is 4.18. The van der Waals surface area contributed by atoms with Crippen LogP contribution >= 0.6 is 0 Å². The van der Waals surface area contributed by atoms with Crippen molar-refractivity contribution >= 4 is 17.6 Å². The summed E-state index contributed by atoms with van der Waals surface area (Å²) >= 11 is 0. The van der Waals surface area contributed by atoms with Crippen molar-refractivity contribution in [2.45, 2.75) is 52.7 Å². The number of aryl methyl sites for hydroxylation is 3. The number of hydrogen-bond acceptors (Lipinski definition) is 5. The molecule has 1 heterocycles. The fraction of sp³-hybridized carbons (Fsp3) is 0.417. The fourth-order valence-corrected chi connectivity index (χ4v) is 3.54. The highest BCUT2D eigenvalue weighted by Gasteiger charge is 2.21. The first-order chi connectivity index (χ1) is 14.3. The molecule has 3 rings (SSSR count). The summed E-state index contributed by atoms with van der Waals surface area (Å²) in [6.07, 6.45) is 1.28. The van der Waals surface area contributed by atoms with Gasteiger partial charge in [-0.25, -0.2) is 4.79 Å². The maximum Gasteiger partial charge on any atom is 0.338 e. The highest BCUT2D eigenvalue weighted by molar-refractivity contribution is 5.98. The van der Waals surface area contributed by atoms with Gasteiger partial charge >= 0.3 is 5.97 Å². The van der Waals surface area contributed by atoms with Crippen LogP contribution in [0.1, 0.15) is 46.8 Å². The maximum absolute atomic E-state index is 12.5. The largest absolute Gasteiger partial charge is 0.491 e. The molecule has 1 aliphatic rings. The van der Waals surface area contributed by atoms with Gasteiger partial charge in [0.05, 0.1) is 11.7 Å². The molecule has 1 saturated heterocycles. The third-order valence-electron chi connectivity index (χ3n) is 5.13. The Bertz CT molecular complexity index is 877. The quantitative estimate of drug-likeness (QED) is 0.686. The lowest BCUT2D eigenvalue weighted by Gasteiger charge is -2.17. The average Bonchev–Trinajstić information content (AvgIpc) is 3.23. The summed E-state index contributed by atoms with van der Waals surface area (Å²) in [5, 5.41) is 2.87. The van der Waals surface area contributed by atoms with Crippen LogP contribution in [0.4, 0.5) is 5.69 Å². The highest BCUT2D eigenvalue weighted by Crippen LogP contribution is 2.22. The molecule has 0 aliphatic carbocycles. The Morgan fingerprint density at radius 2 is 1.80 bits per heavy atom. The molecule has 0 radical (unpaired) electrons. The highest BCUT2D eigenvalue weighted by atomic mass is 16.5. The summed E-state index contributed by atoms with van der Waals surface area (Å²) in [6.45, 7) is 8.73. The molecule has 0 spiro atoms. The predicted octanol–water partition coefficient (Wildman–Crippen LogP) is 4.35. The van der Waals surface area contributed by atoms with Gasteiger partial charge in [0, 0.05) is 12.3 Å². The van der Waals surface area contributed by atoms with Crippen molar-refractivity contribution < 1.29 is 23.8 Å². The number of esters is 1. The monoisotopic (exact) mass is 411 g/mol. The predicted molar refractivity (Wildman–Crippen MR) is 115 cm³/mol. The number of anilines is 1. The van der Waals surface area contributed by atoms with Crippen molar-refractivity contribution in [3.63, 3.8) is 0 Å².